The van der Waals surface area contributed by atoms with Gasteiger partial charge >= 0.3 is 5.97 Å². The molecule has 1 atom stereocenters. The zero-order valence-electron chi connectivity index (χ0n) is 14.8. The monoisotopic (exact) mass is 406 g/mol. The quantitative estimate of drug-likeness (QED) is 0.684. The Kier molecular flexibility index (Phi) is 6.84. The molecule has 11 heteroatoms. The summed E-state index contributed by atoms with van der Waals surface area (Å²) < 4.78 is 64.2. The Hall–Kier alpha value is -2.11. The summed E-state index contributed by atoms with van der Waals surface area (Å²) in [5.41, 5.74) is -0.0443. The van der Waals surface area contributed by atoms with Gasteiger partial charge in [0.15, 0.2) is 0 Å². The van der Waals surface area contributed by atoms with Gasteiger partial charge in [0, 0.05) is 6.54 Å². The lowest BCUT2D eigenvalue weighted by Gasteiger charge is -2.33. The average Bonchev–Trinajstić information content (AvgIpc) is 2.62. The highest BCUT2D eigenvalue weighted by molar-refractivity contribution is 7.89. The van der Waals surface area contributed by atoms with E-state index in [0.29, 0.717) is 6.07 Å². The Balaban J connectivity index is 2.26. The van der Waals surface area contributed by atoms with Gasteiger partial charge in [-0.2, -0.15) is 4.31 Å². The highest BCUT2D eigenvalue weighted by Gasteiger charge is 2.40. The molecule has 1 fully saturated rings. The molecule has 8 nitrogen and oxygen atoms in total. The van der Waals surface area contributed by atoms with E-state index < -0.39 is 51.0 Å². The van der Waals surface area contributed by atoms with Crippen LogP contribution < -0.4 is 5.32 Å². The summed E-state index contributed by atoms with van der Waals surface area (Å²) in [5, 5.41) is 2.26. The van der Waals surface area contributed by atoms with Gasteiger partial charge in [-0.15, -0.1) is 0 Å². The molecule has 1 amide bonds. The number of carbonyl (C=O) groups is 2. The number of carbonyl (C=O) groups excluding carboxylic acids is 2. The Bertz CT molecular complexity index is 830. The molecule has 2 rings (SSSR count). The molecule has 1 N–H and O–H groups in total. The first-order chi connectivity index (χ1) is 12.7. The molecule has 1 aliphatic heterocycles. The maximum atomic E-state index is 14.2. The maximum absolute atomic E-state index is 14.2. The number of halogens is 2. The largest absolute Gasteiger partial charge is 0.465 e. The molecule has 1 heterocycles. The van der Waals surface area contributed by atoms with E-state index >= 15 is 0 Å². The van der Waals surface area contributed by atoms with Crippen LogP contribution in [0.25, 0.3) is 0 Å². The van der Waals surface area contributed by atoms with Crippen molar-refractivity contribution < 1.29 is 36.3 Å². The molecule has 0 spiro atoms. The standard InChI is InChI=1S/C16H20F2N2O6S/c1-3-26-15(21)8-19-16(22)13-9-25-5-4-20(13)27(23,24)14-7-11(17)10(2)6-12(14)18/h6-7,13H,3-5,8-9H2,1-2H3,(H,19,22)/t13-/m1/s1. The van der Waals surface area contributed by atoms with Gasteiger partial charge in [-0.3, -0.25) is 9.59 Å². The normalized spacial score (nSPS) is 18.1. The summed E-state index contributed by atoms with van der Waals surface area (Å²) in [6.45, 7) is 2.04. The van der Waals surface area contributed by atoms with Gasteiger partial charge in [-0.1, -0.05) is 0 Å². The van der Waals surface area contributed by atoms with Crippen molar-refractivity contribution in [3.63, 3.8) is 0 Å². The second-order valence-corrected chi connectivity index (χ2v) is 7.62. The molecule has 1 aliphatic rings. The molecule has 150 valence electrons. The van der Waals surface area contributed by atoms with Gasteiger partial charge in [0.2, 0.25) is 15.9 Å². The van der Waals surface area contributed by atoms with E-state index in [-0.39, 0.29) is 31.9 Å². The lowest BCUT2D eigenvalue weighted by molar-refractivity contribution is -0.144. The zero-order valence-corrected chi connectivity index (χ0v) is 15.6. The molecular formula is C16H20F2N2O6S. The topological polar surface area (TPSA) is 102 Å². The number of benzene rings is 1. The van der Waals surface area contributed by atoms with E-state index in [4.69, 9.17) is 4.74 Å². The number of amides is 1. The van der Waals surface area contributed by atoms with Crippen molar-refractivity contribution in [3.05, 3.63) is 29.3 Å². The summed E-state index contributed by atoms with van der Waals surface area (Å²) in [6, 6.07) is 0.0311. The molecule has 0 unspecified atom stereocenters. The Morgan fingerprint density at radius 3 is 2.70 bits per heavy atom. The van der Waals surface area contributed by atoms with Crippen LogP contribution in [0.3, 0.4) is 0 Å². The number of rotatable bonds is 6. The number of sulfonamides is 1. The fourth-order valence-corrected chi connectivity index (χ4v) is 4.14. The highest BCUT2D eigenvalue weighted by Crippen LogP contribution is 2.25. The van der Waals surface area contributed by atoms with Crippen LogP contribution in [0.4, 0.5) is 8.78 Å². The third kappa shape index (κ3) is 4.79. The lowest BCUT2D eigenvalue weighted by Crippen LogP contribution is -2.56. The third-order valence-electron chi connectivity index (χ3n) is 3.89. The summed E-state index contributed by atoms with van der Waals surface area (Å²) in [7, 11) is -4.51. The number of aryl methyl sites for hydroxylation is 1. The van der Waals surface area contributed by atoms with Crippen LogP contribution in [0.15, 0.2) is 17.0 Å². The van der Waals surface area contributed by atoms with Gasteiger partial charge in [0.05, 0.1) is 19.8 Å². The lowest BCUT2D eigenvalue weighted by atomic mass is 10.2. The van der Waals surface area contributed by atoms with E-state index in [0.717, 1.165) is 10.4 Å². The number of morpholine rings is 1. The van der Waals surface area contributed by atoms with E-state index in [1.165, 1.54) is 6.92 Å². The molecule has 0 aliphatic carbocycles. The van der Waals surface area contributed by atoms with E-state index in [9.17, 15) is 26.8 Å². The third-order valence-corrected chi connectivity index (χ3v) is 5.82. The van der Waals surface area contributed by atoms with Crippen molar-refractivity contribution in [2.75, 3.05) is 32.9 Å². The van der Waals surface area contributed by atoms with Crippen LogP contribution in [-0.2, 0) is 29.1 Å². The van der Waals surface area contributed by atoms with Crippen LogP contribution >= 0.6 is 0 Å². The summed E-state index contributed by atoms with van der Waals surface area (Å²) >= 11 is 0. The second-order valence-electron chi connectivity index (χ2n) is 5.76. The van der Waals surface area contributed by atoms with Gasteiger partial charge in [-0.25, -0.2) is 17.2 Å². The predicted octanol–water partition coefficient (Wildman–Crippen LogP) is 0.342. The highest BCUT2D eigenvalue weighted by atomic mass is 32.2. The van der Waals surface area contributed by atoms with Gasteiger partial charge in [-0.05, 0) is 31.5 Å². The van der Waals surface area contributed by atoms with Crippen molar-refractivity contribution in [1.82, 2.24) is 9.62 Å². The van der Waals surface area contributed by atoms with Crippen molar-refractivity contribution in [2.24, 2.45) is 0 Å². The van der Waals surface area contributed by atoms with Crippen molar-refractivity contribution in [2.45, 2.75) is 24.8 Å². The average molecular weight is 406 g/mol. The first-order valence-corrected chi connectivity index (χ1v) is 9.61. The first-order valence-electron chi connectivity index (χ1n) is 8.17. The summed E-state index contributed by atoms with van der Waals surface area (Å²) in [6.07, 6.45) is 0. The number of ether oxygens (including phenoxy) is 2. The number of nitrogens with zero attached hydrogens (tertiary/aromatic N) is 1. The number of nitrogens with one attached hydrogen (secondary N) is 1. The molecule has 27 heavy (non-hydrogen) atoms. The van der Waals surface area contributed by atoms with E-state index in [1.54, 1.807) is 6.92 Å². The van der Waals surface area contributed by atoms with E-state index in [1.807, 2.05) is 0 Å². The van der Waals surface area contributed by atoms with Crippen LogP contribution in [0.1, 0.15) is 12.5 Å². The van der Waals surface area contributed by atoms with Crippen LogP contribution in [0, 0.1) is 18.6 Å². The SMILES string of the molecule is CCOC(=O)CNC(=O)[C@H]1COCCN1S(=O)(=O)c1cc(F)c(C)cc1F. The Morgan fingerprint density at radius 1 is 1.33 bits per heavy atom. The fraction of sp³-hybridized carbons (Fsp3) is 0.500. The minimum absolute atomic E-state index is 0.0170. The van der Waals surface area contributed by atoms with Crippen molar-refractivity contribution in [1.29, 1.82) is 0 Å². The number of hydrogen-bond donors (Lipinski definition) is 1. The molecular weight excluding hydrogens is 386 g/mol. The van der Waals surface area contributed by atoms with Gasteiger partial charge < -0.3 is 14.8 Å². The maximum Gasteiger partial charge on any atom is 0.325 e. The molecule has 0 saturated carbocycles. The minimum Gasteiger partial charge on any atom is -0.465 e. The smallest absolute Gasteiger partial charge is 0.325 e. The zero-order chi connectivity index (χ0) is 20.2. The summed E-state index contributed by atoms with van der Waals surface area (Å²) in [4.78, 5) is 22.8. The fourth-order valence-electron chi connectivity index (χ4n) is 2.52. The number of hydrogen-bond acceptors (Lipinski definition) is 6. The van der Waals surface area contributed by atoms with Crippen molar-refractivity contribution >= 4 is 21.9 Å². The van der Waals surface area contributed by atoms with E-state index in [2.05, 4.69) is 10.1 Å². The molecule has 0 radical (unpaired) electrons. The Morgan fingerprint density at radius 2 is 2.04 bits per heavy atom. The molecule has 0 aromatic heterocycles. The van der Waals surface area contributed by atoms with Crippen LogP contribution in [0.2, 0.25) is 0 Å². The molecule has 1 saturated heterocycles. The molecule has 1 aromatic rings. The van der Waals surface area contributed by atoms with Crippen LogP contribution in [0.5, 0.6) is 0 Å². The van der Waals surface area contributed by atoms with Gasteiger partial charge in [0.1, 0.15) is 29.1 Å². The molecule has 1 aromatic carbocycles. The first kappa shape index (κ1) is 21.2. The second kappa shape index (κ2) is 8.72. The Labute approximate surface area is 155 Å². The van der Waals surface area contributed by atoms with Crippen molar-refractivity contribution in [3.8, 4) is 0 Å². The van der Waals surface area contributed by atoms with Gasteiger partial charge in [0.25, 0.3) is 0 Å². The van der Waals surface area contributed by atoms with Crippen LogP contribution in [-0.4, -0.2) is 63.6 Å². The number of esters is 1. The predicted molar refractivity (Wildman–Crippen MR) is 89.2 cm³/mol. The minimum atomic E-state index is -4.51. The summed E-state index contributed by atoms with van der Waals surface area (Å²) in [5.74, 6) is -3.50. The molecule has 0 bridgehead atoms.